The number of imide groups is 1. The van der Waals surface area contributed by atoms with Gasteiger partial charge in [-0.3, -0.25) is 9.69 Å². The van der Waals surface area contributed by atoms with Gasteiger partial charge in [0.25, 0.3) is 10.0 Å². The summed E-state index contributed by atoms with van der Waals surface area (Å²) >= 11 is 0. The summed E-state index contributed by atoms with van der Waals surface area (Å²) in [5.41, 5.74) is 0.510. The molecule has 2 rings (SSSR count). The minimum absolute atomic E-state index is 0.0198. The molecule has 6 nitrogen and oxygen atoms in total. The van der Waals surface area contributed by atoms with Crippen LogP contribution in [0.5, 0.6) is 0 Å². The number of hydrogen-bond acceptors (Lipinski definition) is 4. The number of aryl methyl sites for hydroxylation is 1. The van der Waals surface area contributed by atoms with E-state index in [1.54, 1.807) is 12.1 Å². The van der Waals surface area contributed by atoms with Gasteiger partial charge in [-0.1, -0.05) is 45.4 Å². The zero-order valence-corrected chi connectivity index (χ0v) is 16.3. The van der Waals surface area contributed by atoms with Crippen LogP contribution in [0.1, 0.15) is 46.1 Å². The second-order valence-corrected chi connectivity index (χ2v) is 9.39. The van der Waals surface area contributed by atoms with Gasteiger partial charge in [0.05, 0.1) is 17.5 Å². The Balaban J connectivity index is 2.44. The van der Waals surface area contributed by atoms with E-state index in [0.29, 0.717) is 6.42 Å². The maximum Gasteiger partial charge on any atom is 0.341 e. The highest BCUT2D eigenvalue weighted by Crippen LogP contribution is 2.34. The SMILES string of the molecule is CCCC(=O)N1C(=O)N(S(=O)(=O)c2ccc(C)cc2)C[C@H]1C(C)(C)C. The van der Waals surface area contributed by atoms with Crippen molar-refractivity contribution in [1.29, 1.82) is 0 Å². The predicted molar refractivity (Wildman–Crippen MR) is 95.5 cm³/mol. The van der Waals surface area contributed by atoms with Crippen LogP contribution in [0.25, 0.3) is 0 Å². The van der Waals surface area contributed by atoms with Gasteiger partial charge in [-0.15, -0.1) is 0 Å². The minimum Gasteiger partial charge on any atom is -0.274 e. The van der Waals surface area contributed by atoms with Gasteiger partial charge in [0.15, 0.2) is 0 Å². The number of benzene rings is 1. The highest BCUT2D eigenvalue weighted by atomic mass is 32.2. The maximum atomic E-state index is 12.9. The molecular weight excluding hydrogens is 340 g/mol. The lowest BCUT2D eigenvalue weighted by Gasteiger charge is -2.32. The third kappa shape index (κ3) is 3.71. The van der Waals surface area contributed by atoms with Crippen molar-refractivity contribution in [2.75, 3.05) is 6.54 Å². The number of urea groups is 1. The van der Waals surface area contributed by atoms with E-state index < -0.39 is 27.5 Å². The molecule has 0 radical (unpaired) electrons. The van der Waals surface area contributed by atoms with Gasteiger partial charge in [0.1, 0.15) is 0 Å². The molecule has 1 aliphatic rings. The zero-order valence-electron chi connectivity index (χ0n) is 15.4. The van der Waals surface area contributed by atoms with Gasteiger partial charge < -0.3 is 0 Å². The second-order valence-electron chi connectivity index (χ2n) is 7.53. The van der Waals surface area contributed by atoms with E-state index in [4.69, 9.17) is 0 Å². The number of amides is 3. The van der Waals surface area contributed by atoms with Crippen molar-refractivity contribution in [3.05, 3.63) is 29.8 Å². The molecule has 1 saturated heterocycles. The summed E-state index contributed by atoms with van der Waals surface area (Å²) in [5, 5.41) is 0. The highest BCUT2D eigenvalue weighted by molar-refractivity contribution is 7.89. The molecule has 0 saturated carbocycles. The quantitative estimate of drug-likeness (QED) is 0.820. The number of hydrogen-bond donors (Lipinski definition) is 0. The lowest BCUT2D eigenvalue weighted by Crippen LogP contribution is -2.46. The van der Waals surface area contributed by atoms with E-state index in [1.807, 2.05) is 34.6 Å². The fourth-order valence-electron chi connectivity index (χ4n) is 2.88. The van der Waals surface area contributed by atoms with Crippen molar-refractivity contribution in [3.8, 4) is 0 Å². The van der Waals surface area contributed by atoms with Crippen molar-refractivity contribution in [2.45, 2.75) is 58.4 Å². The standard InChI is InChI=1S/C18H26N2O4S/c1-6-7-16(21)20-15(18(3,4)5)12-19(17(20)22)25(23,24)14-10-8-13(2)9-11-14/h8-11,15H,6-7,12H2,1-5H3/t15-/m0/s1. The summed E-state index contributed by atoms with van der Waals surface area (Å²) in [6, 6.07) is 5.11. The molecule has 138 valence electrons. The van der Waals surface area contributed by atoms with Crippen LogP contribution in [-0.4, -0.2) is 42.1 Å². The lowest BCUT2D eigenvalue weighted by atomic mass is 9.86. The number of rotatable bonds is 4. The van der Waals surface area contributed by atoms with Crippen LogP contribution >= 0.6 is 0 Å². The molecule has 0 N–H and O–H groups in total. The van der Waals surface area contributed by atoms with Gasteiger partial charge in [0, 0.05) is 6.42 Å². The average Bonchev–Trinajstić information content (AvgIpc) is 2.86. The molecular formula is C18H26N2O4S. The van der Waals surface area contributed by atoms with Crippen molar-refractivity contribution in [1.82, 2.24) is 9.21 Å². The van der Waals surface area contributed by atoms with Gasteiger partial charge in [0.2, 0.25) is 5.91 Å². The van der Waals surface area contributed by atoms with Crippen molar-refractivity contribution < 1.29 is 18.0 Å². The fraction of sp³-hybridized carbons (Fsp3) is 0.556. The molecule has 0 spiro atoms. The predicted octanol–water partition coefficient (Wildman–Crippen LogP) is 3.16. The molecule has 1 fully saturated rings. The molecule has 3 amide bonds. The van der Waals surface area contributed by atoms with Gasteiger partial charge >= 0.3 is 6.03 Å². The Bertz CT molecular complexity index is 763. The number of carbonyl (C=O) groups is 2. The van der Waals surface area contributed by atoms with Crippen LogP contribution in [-0.2, 0) is 14.8 Å². The Labute approximate surface area is 149 Å². The third-order valence-electron chi connectivity index (χ3n) is 4.41. The summed E-state index contributed by atoms with van der Waals surface area (Å²) in [6.07, 6.45) is 0.820. The Morgan fingerprint density at radius 3 is 2.24 bits per heavy atom. The van der Waals surface area contributed by atoms with Crippen LogP contribution in [0.3, 0.4) is 0 Å². The van der Waals surface area contributed by atoms with Crippen LogP contribution < -0.4 is 0 Å². The average molecular weight is 366 g/mol. The van der Waals surface area contributed by atoms with E-state index in [9.17, 15) is 18.0 Å². The summed E-state index contributed by atoms with van der Waals surface area (Å²) < 4.78 is 26.7. The third-order valence-corrected chi connectivity index (χ3v) is 6.16. The second kappa shape index (κ2) is 6.78. The molecule has 1 aliphatic heterocycles. The number of nitrogens with zero attached hydrogens (tertiary/aromatic N) is 2. The molecule has 25 heavy (non-hydrogen) atoms. The van der Waals surface area contributed by atoms with Crippen molar-refractivity contribution in [3.63, 3.8) is 0 Å². The first-order valence-corrected chi connectivity index (χ1v) is 9.89. The molecule has 1 aromatic carbocycles. The number of sulfonamides is 1. The minimum atomic E-state index is -3.99. The van der Waals surface area contributed by atoms with Crippen LogP contribution in [0.2, 0.25) is 0 Å². The molecule has 0 unspecified atom stereocenters. The normalized spacial score (nSPS) is 18.8. The van der Waals surface area contributed by atoms with Gasteiger partial charge in [-0.05, 0) is 30.9 Å². The Hall–Kier alpha value is -1.89. The van der Waals surface area contributed by atoms with E-state index in [1.165, 1.54) is 12.1 Å². The van der Waals surface area contributed by atoms with Gasteiger partial charge in [-0.2, -0.15) is 0 Å². The fourth-order valence-corrected chi connectivity index (χ4v) is 4.25. The largest absolute Gasteiger partial charge is 0.341 e. The summed E-state index contributed by atoms with van der Waals surface area (Å²) in [6.45, 7) is 9.40. The Kier molecular flexibility index (Phi) is 5.27. The van der Waals surface area contributed by atoms with Crippen molar-refractivity contribution >= 4 is 22.0 Å². The summed E-state index contributed by atoms with van der Waals surface area (Å²) in [7, 11) is -3.99. The Morgan fingerprint density at radius 1 is 1.20 bits per heavy atom. The van der Waals surface area contributed by atoms with Crippen LogP contribution in [0.15, 0.2) is 29.2 Å². The molecule has 0 bridgehead atoms. The molecule has 1 atom stereocenters. The van der Waals surface area contributed by atoms with Gasteiger partial charge in [-0.25, -0.2) is 17.5 Å². The van der Waals surface area contributed by atoms with E-state index in [0.717, 1.165) is 14.8 Å². The van der Waals surface area contributed by atoms with E-state index in [-0.39, 0.29) is 23.8 Å². The summed E-state index contributed by atoms with van der Waals surface area (Å²) in [5.74, 6) is -0.325. The van der Waals surface area contributed by atoms with Crippen LogP contribution in [0, 0.1) is 12.3 Å². The first kappa shape index (κ1) is 19.4. The first-order valence-electron chi connectivity index (χ1n) is 8.45. The lowest BCUT2D eigenvalue weighted by molar-refractivity contribution is -0.130. The van der Waals surface area contributed by atoms with E-state index in [2.05, 4.69) is 0 Å². The Morgan fingerprint density at radius 2 is 1.76 bits per heavy atom. The molecule has 0 aromatic heterocycles. The topological polar surface area (TPSA) is 74.8 Å². The smallest absolute Gasteiger partial charge is 0.274 e. The molecule has 1 aromatic rings. The number of carbonyl (C=O) groups excluding carboxylic acids is 2. The highest BCUT2D eigenvalue weighted by Gasteiger charge is 2.50. The molecule has 1 heterocycles. The molecule has 7 heteroatoms. The van der Waals surface area contributed by atoms with E-state index >= 15 is 0 Å². The van der Waals surface area contributed by atoms with Crippen molar-refractivity contribution in [2.24, 2.45) is 5.41 Å². The van der Waals surface area contributed by atoms with Crippen LogP contribution in [0.4, 0.5) is 4.79 Å². The first-order chi connectivity index (χ1) is 11.5. The summed E-state index contributed by atoms with van der Waals surface area (Å²) in [4.78, 5) is 26.5. The zero-order chi connectivity index (χ0) is 19.0. The maximum absolute atomic E-state index is 12.9. The monoisotopic (exact) mass is 366 g/mol. The molecule has 0 aliphatic carbocycles.